The zero-order chi connectivity index (χ0) is 12.0. The Morgan fingerprint density at radius 3 is 2.88 bits per heavy atom. The molecular formula is C13H16N4. The summed E-state index contributed by atoms with van der Waals surface area (Å²) in [5.41, 5.74) is 8.31. The number of rotatable bonds is 2. The third-order valence-electron chi connectivity index (χ3n) is 3.58. The lowest BCUT2D eigenvalue weighted by atomic mass is 10.1. The number of nitrogen functional groups attached to an aromatic ring is 1. The predicted octanol–water partition coefficient (Wildman–Crippen LogP) is 2.50. The first-order valence-corrected chi connectivity index (χ1v) is 5.82. The van der Waals surface area contributed by atoms with Crippen molar-refractivity contribution in [1.82, 2.24) is 14.5 Å². The molecule has 1 fully saturated rings. The second kappa shape index (κ2) is 3.32. The van der Waals surface area contributed by atoms with Crippen molar-refractivity contribution >= 4 is 5.82 Å². The molecule has 0 spiro atoms. The molecule has 2 aromatic heterocycles. The lowest BCUT2D eigenvalue weighted by Gasteiger charge is -2.11. The standard InChI is InChI=1S/C13H16N4/c1-13(2)6-11(13)17-8-15-7-10(17)9-4-3-5-16-12(9)14/h3-5,7-8,11H,6H2,1-2H3,(H2,14,16). The molecule has 1 unspecified atom stereocenters. The largest absolute Gasteiger partial charge is 0.383 e. The summed E-state index contributed by atoms with van der Waals surface area (Å²) in [6, 6.07) is 4.42. The van der Waals surface area contributed by atoms with Gasteiger partial charge in [0.2, 0.25) is 0 Å². The summed E-state index contributed by atoms with van der Waals surface area (Å²) in [5, 5.41) is 0. The minimum absolute atomic E-state index is 0.367. The van der Waals surface area contributed by atoms with Gasteiger partial charge in [0.05, 0.1) is 18.2 Å². The number of nitrogens with two attached hydrogens (primary N) is 1. The zero-order valence-corrected chi connectivity index (χ0v) is 10.1. The lowest BCUT2D eigenvalue weighted by Crippen LogP contribution is -2.02. The first kappa shape index (κ1) is 10.3. The Bertz CT molecular complexity index is 556. The number of anilines is 1. The SMILES string of the molecule is CC1(C)CC1n1cncc1-c1cccnc1N. The molecule has 88 valence electrons. The molecule has 1 saturated carbocycles. The number of hydrogen-bond donors (Lipinski definition) is 1. The highest BCUT2D eigenvalue weighted by Crippen LogP contribution is 2.56. The van der Waals surface area contributed by atoms with Crippen molar-refractivity contribution in [1.29, 1.82) is 0 Å². The number of hydrogen-bond acceptors (Lipinski definition) is 3. The van der Waals surface area contributed by atoms with Crippen LogP contribution in [0.25, 0.3) is 11.3 Å². The van der Waals surface area contributed by atoms with Crippen molar-refractivity contribution in [3.63, 3.8) is 0 Å². The summed E-state index contributed by atoms with van der Waals surface area (Å²) < 4.78 is 2.22. The van der Waals surface area contributed by atoms with Gasteiger partial charge in [-0.2, -0.15) is 0 Å². The maximum absolute atomic E-state index is 5.92. The van der Waals surface area contributed by atoms with E-state index in [1.165, 1.54) is 6.42 Å². The van der Waals surface area contributed by atoms with Crippen LogP contribution in [0, 0.1) is 5.41 Å². The molecule has 0 saturated heterocycles. The van der Waals surface area contributed by atoms with Gasteiger partial charge in [-0.1, -0.05) is 13.8 Å². The fourth-order valence-corrected chi connectivity index (χ4v) is 2.31. The van der Waals surface area contributed by atoms with Gasteiger partial charge in [-0.3, -0.25) is 0 Å². The summed E-state index contributed by atoms with van der Waals surface area (Å²) in [4.78, 5) is 8.38. The molecule has 0 amide bonds. The third kappa shape index (κ3) is 1.60. The van der Waals surface area contributed by atoms with Crippen LogP contribution in [0.1, 0.15) is 26.3 Å². The summed E-state index contributed by atoms with van der Waals surface area (Å²) in [6.45, 7) is 4.54. The minimum atomic E-state index is 0.367. The topological polar surface area (TPSA) is 56.7 Å². The smallest absolute Gasteiger partial charge is 0.132 e. The van der Waals surface area contributed by atoms with Gasteiger partial charge < -0.3 is 10.3 Å². The van der Waals surface area contributed by atoms with Crippen LogP contribution in [0.5, 0.6) is 0 Å². The fourth-order valence-electron chi connectivity index (χ4n) is 2.31. The van der Waals surface area contributed by atoms with Crippen molar-refractivity contribution in [2.45, 2.75) is 26.3 Å². The molecular weight excluding hydrogens is 212 g/mol. The molecule has 2 aromatic rings. The van der Waals surface area contributed by atoms with Crippen LogP contribution < -0.4 is 5.73 Å². The Morgan fingerprint density at radius 1 is 1.47 bits per heavy atom. The molecule has 1 aliphatic rings. The van der Waals surface area contributed by atoms with E-state index in [4.69, 9.17) is 5.73 Å². The van der Waals surface area contributed by atoms with E-state index < -0.39 is 0 Å². The van der Waals surface area contributed by atoms with Gasteiger partial charge in [0.25, 0.3) is 0 Å². The van der Waals surface area contributed by atoms with Crippen LogP contribution in [0.4, 0.5) is 5.82 Å². The Morgan fingerprint density at radius 2 is 2.24 bits per heavy atom. The molecule has 0 radical (unpaired) electrons. The molecule has 4 nitrogen and oxygen atoms in total. The number of imidazole rings is 1. The van der Waals surface area contributed by atoms with Crippen molar-refractivity contribution in [2.24, 2.45) is 5.41 Å². The van der Waals surface area contributed by atoms with E-state index in [1.807, 2.05) is 24.7 Å². The van der Waals surface area contributed by atoms with Crippen molar-refractivity contribution in [2.75, 3.05) is 5.73 Å². The lowest BCUT2D eigenvalue weighted by molar-refractivity contribution is 0.543. The van der Waals surface area contributed by atoms with Gasteiger partial charge in [0.15, 0.2) is 0 Å². The van der Waals surface area contributed by atoms with Gasteiger partial charge in [-0.25, -0.2) is 9.97 Å². The normalized spacial score (nSPS) is 21.4. The van der Waals surface area contributed by atoms with Gasteiger partial charge in [0, 0.05) is 17.8 Å². The van der Waals surface area contributed by atoms with Gasteiger partial charge in [0.1, 0.15) is 5.82 Å². The van der Waals surface area contributed by atoms with E-state index in [2.05, 4.69) is 28.4 Å². The highest BCUT2D eigenvalue weighted by atomic mass is 15.1. The molecule has 0 bridgehead atoms. The van der Waals surface area contributed by atoms with Crippen LogP contribution in [0.3, 0.4) is 0 Å². The van der Waals surface area contributed by atoms with Crippen LogP contribution in [0.15, 0.2) is 30.9 Å². The van der Waals surface area contributed by atoms with Crippen LogP contribution in [-0.4, -0.2) is 14.5 Å². The fraction of sp³-hybridized carbons (Fsp3) is 0.385. The Hall–Kier alpha value is -1.84. The summed E-state index contributed by atoms with van der Waals surface area (Å²) in [6.07, 6.45) is 6.65. The van der Waals surface area contributed by atoms with Crippen LogP contribution in [-0.2, 0) is 0 Å². The van der Waals surface area contributed by atoms with Gasteiger partial charge in [-0.15, -0.1) is 0 Å². The molecule has 3 rings (SSSR count). The van der Waals surface area contributed by atoms with Gasteiger partial charge in [-0.05, 0) is 24.0 Å². The molecule has 2 N–H and O–H groups in total. The van der Waals surface area contributed by atoms with Crippen LogP contribution in [0.2, 0.25) is 0 Å². The molecule has 17 heavy (non-hydrogen) atoms. The Labute approximate surface area is 101 Å². The van der Waals surface area contributed by atoms with Crippen molar-refractivity contribution < 1.29 is 0 Å². The Kier molecular flexibility index (Phi) is 2.02. The molecule has 0 aromatic carbocycles. The molecule has 1 aliphatic carbocycles. The maximum Gasteiger partial charge on any atom is 0.132 e. The Balaban J connectivity index is 2.06. The molecule has 4 heteroatoms. The first-order valence-electron chi connectivity index (χ1n) is 5.82. The van der Waals surface area contributed by atoms with E-state index in [0.29, 0.717) is 17.3 Å². The number of nitrogens with zero attached hydrogens (tertiary/aromatic N) is 3. The summed E-state index contributed by atoms with van der Waals surface area (Å²) >= 11 is 0. The predicted molar refractivity (Wildman–Crippen MR) is 67.3 cm³/mol. The maximum atomic E-state index is 5.92. The summed E-state index contributed by atoms with van der Waals surface area (Å²) in [5.74, 6) is 0.563. The molecule has 2 heterocycles. The average molecular weight is 228 g/mol. The average Bonchev–Trinajstić information content (AvgIpc) is 2.75. The second-order valence-corrected chi connectivity index (χ2v) is 5.33. The highest BCUT2D eigenvalue weighted by Gasteiger charge is 2.47. The summed E-state index contributed by atoms with van der Waals surface area (Å²) in [7, 11) is 0. The van der Waals surface area contributed by atoms with Crippen LogP contribution >= 0.6 is 0 Å². The number of aromatic nitrogens is 3. The van der Waals surface area contributed by atoms with E-state index in [0.717, 1.165) is 11.3 Å². The quantitative estimate of drug-likeness (QED) is 0.859. The molecule has 0 aliphatic heterocycles. The van der Waals surface area contributed by atoms with E-state index in [9.17, 15) is 0 Å². The van der Waals surface area contributed by atoms with Crippen molar-refractivity contribution in [3.8, 4) is 11.3 Å². The zero-order valence-electron chi connectivity index (χ0n) is 10.1. The van der Waals surface area contributed by atoms with Crippen molar-refractivity contribution in [3.05, 3.63) is 30.9 Å². The first-order chi connectivity index (χ1) is 8.09. The third-order valence-corrected chi connectivity index (χ3v) is 3.58. The number of pyridine rings is 1. The monoisotopic (exact) mass is 228 g/mol. The van der Waals surface area contributed by atoms with Gasteiger partial charge >= 0.3 is 0 Å². The molecule has 1 atom stereocenters. The van der Waals surface area contributed by atoms with E-state index in [-0.39, 0.29) is 0 Å². The minimum Gasteiger partial charge on any atom is -0.383 e. The van der Waals surface area contributed by atoms with E-state index >= 15 is 0 Å². The second-order valence-electron chi connectivity index (χ2n) is 5.33. The van der Waals surface area contributed by atoms with E-state index in [1.54, 1.807) is 6.20 Å². The highest BCUT2D eigenvalue weighted by molar-refractivity contribution is 5.70.